The van der Waals surface area contributed by atoms with E-state index in [2.05, 4.69) is 26.1 Å². The molecule has 84 valence electrons. The molecule has 1 aliphatic heterocycles. The van der Waals surface area contributed by atoms with Gasteiger partial charge in [-0.2, -0.15) is 0 Å². The van der Waals surface area contributed by atoms with Crippen molar-refractivity contribution < 1.29 is 9.47 Å². The van der Waals surface area contributed by atoms with Crippen molar-refractivity contribution in [2.45, 2.75) is 57.9 Å². The van der Waals surface area contributed by atoms with Crippen LogP contribution in [0.2, 0.25) is 0 Å². The lowest BCUT2D eigenvalue weighted by molar-refractivity contribution is -0.212. The average molecular weight is 201 g/mol. The van der Waals surface area contributed by atoms with Crippen LogP contribution in [0.3, 0.4) is 0 Å². The van der Waals surface area contributed by atoms with E-state index in [0.717, 1.165) is 19.4 Å². The maximum atomic E-state index is 5.67. The first kappa shape index (κ1) is 12.0. The zero-order valence-electron chi connectivity index (χ0n) is 10.0. The molecular weight excluding hydrogens is 178 g/mol. The molecule has 0 aliphatic carbocycles. The average Bonchev–Trinajstić information content (AvgIpc) is 2.44. The molecule has 0 radical (unpaired) electrons. The Kier molecular flexibility index (Phi) is 3.56. The fourth-order valence-electron chi connectivity index (χ4n) is 1.97. The summed E-state index contributed by atoms with van der Waals surface area (Å²) in [5.41, 5.74) is -0.0722. The van der Waals surface area contributed by atoms with E-state index in [1.54, 1.807) is 7.11 Å². The van der Waals surface area contributed by atoms with E-state index in [9.17, 15) is 0 Å². The molecule has 3 nitrogen and oxygen atoms in total. The Morgan fingerprint density at radius 1 is 1.50 bits per heavy atom. The standard InChI is InChI=1S/C11H23NO2/c1-6-9(2)12-10(3)7-8-14-11(10,4)13-5/h9,12H,6-8H2,1-5H3/t9?,10-,11+/m0/s1. The van der Waals surface area contributed by atoms with Gasteiger partial charge in [0.15, 0.2) is 5.79 Å². The molecule has 1 fully saturated rings. The lowest BCUT2D eigenvalue weighted by Crippen LogP contribution is -2.59. The molecule has 3 heteroatoms. The van der Waals surface area contributed by atoms with Gasteiger partial charge in [-0.3, -0.25) is 0 Å². The van der Waals surface area contributed by atoms with Crippen molar-refractivity contribution in [2.75, 3.05) is 13.7 Å². The normalized spacial score (nSPS) is 40.1. The summed E-state index contributed by atoms with van der Waals surface area (Å²) in [6.07, 6.45) is 2.12. The van der Waals surface area contributed by atoms with Gasteiger partial charge >= 0.3 is 0 Å². The smallest absolute Gasteiger partial charge is 0.183 e. The van der Waals surface area contributed by atoms with E-state index < -0.39 is 5.79 Å². The Labute approximate surface area is 87.2 Å². The summed E-state index contributed by atoms with van der Waals surface area (Å²) in [7, 11) is 1.71. The fourth-order valence-corrected chi connectivity index (χ4v) is 1.97. The molecule has 0 spiro atoms. The number of hydrogen-bond donors (Lipinski definition) is 1. The third kappa shape index (κ3) is 1.95. The number of rotatable bonds is 4. The first-order valence-electron chi connectivity index (χ1n) is 5.44. The highest BCUT2D eigenvalue weighted by Crippen LogP contribution is 2.36. The second-order valence-electron chi connectivity index (χ2n) is 4.53. The highest BCUT2D eigenvalue weighted by Gasteiger charge is 2.50. The zero-order valence-corrected chi connectivity index (χ0v) is 10.0. The van der Waals surface area contributed by atoms with Gasteiger partial charge in [0.1, 0.15) is 0 Å². The maximum Gasteiger partial charge on any atom is 0.183 e. The van der Waals surface area contributed by atoms with Gasteiger partial charge in [-0.05, 0) is 33.6 Å². The van der Waals surface area contributed by atoms with E-state index in [-0.39, 0.29) is 5.54 Å². The first-order chi connectivity index (χ1) is 6.47. The van der Waals surface area contributed by atoms with Crippen LogP contribution in [0.1, 0.15) is 40.5 Å². The van der Waals surface area contributed by atoms with E-state index in [1.165, 1.54) is 0 Å². The van der Waals surface area contributed by atoms with Crippen molar-refractivity contribution in [1.29, 1.82) is 0 Å². The molecule has 0 aromatic heterocycles. The minimum atomic E-state index is -0.490. The Bertz CT molecular complexity index is 198. The Morgan fingerprint density at radius 2 is 2.14 bits per heavy atom. The molecule has 1 heterocycles. The lowest BCUT2D eigenvalue weighted by Gasteiger charge is -2.40. The topological polar surface area (TPSA) is 30.5 Å². The predicted molar refractivity (Wildman–Crippen MR) is 57.3 cm³/mol. The number of methoxy groups -OCH3 is 1. The van der Waals surface area contributed by atoms with Crippen LogP contribution < -0.4 is 5.32 Å². The van der Waals surface area contributed by atoms with Crippen LogP contribution in [0, 0.1) is 0 Å². The molecule has 0 aromatic rings. The van der Waals surface area contributed by atoms with Crippen molar-refractivity contribution in [1.82, 2.24) is 5.32 Å². The number of ether oxygens (including phenoxy) is 2. The molecule has 0 aromatic carbocycles. The summed E-state index contributed by atoms with van der Waals surface area (Å²) >= 11 is 0. The zero-order chi connectivity index (χ0) is 10.8. The molecule has 0 amide bonds. The second-order valence-corrected chi connectivity index (χ2v) is 4.53. The van der Waals surface area contributed by atoms with Gasteiger partial charge in [-0.1, -0.05) is 6.92 Å². The van der Waals surface area contributed by atoms with Gasteiger partial charge in [-0.25, -0.2) is 0 Å². The van der Waals surface area contributed by atoms with Gasteiger partial charge in [0.2, 0.25) is 0 Å². The predicted octanol–water partition coefficient (Wildman–Crippen LogP) is 1.92. The van der Waals surface area contributed by atoms with Crippen molar-refractivity contribution in [3.8, 4) is 0 Å². The molecule has 1 saturated heterocycles. The van der Waals surface area contributed by atoms with Crippen LogP contribution in [0.5, 0.6) is 0 Å². The van der Waals surface area contributed by atoms with Crippen LogP contribution in [-0.4, -0.2) is 31.1 Å². The van der Waals surface area contributed by atoms with E-state index in [0.29, 0.717) is 6.04 Å². The van der Waals surface area contributed by atoms with Crippen LogP contribution in [0.4, 0.5) is 0 Å². The molecule has 0 saturated carbocycles. The molecule has 1 rings (SSSR count). The highest BCUT2D eigenvalue weighted by molar-refractivity contribution is 5.00. The van der Waals surface area contributed by atoms with Gasteiger partial charge in [0.25, 0.3) is 0 Å². The molecule has 1 aliphatic rings. The summed E-state index contributed by atoms with van der Waals surface area (Å²) in [6.45, 7) is 9.33. The molecule has 3 atom stereocenters. The summed E-state index contributed by atoms with van der Waals surface area (Å²) in [5, 5.41) is 3.60. The SMILES string of the molecule is CCC(C)N[C@@]1(C)CCO[C@@]1(C)OC. The summed E-state index contributed by atoms with van der Waals surface area (Å²) in [4.78, 5) is 0. The van der Waals surface area contributed by atoms with Crippen molar-refractivity contribution in [2.24, 2.45) is 0 Å². The van der Waals surface area contributed by atoms with Gasteiger partial charge < -0.3 is 14.8 Å². The number of nitrogens with one attached hydrogen (secondary N) is 1. The Hall–Kier alpha value is -0.120. The van der Waals surface area contributed by atoms with Crippen LogP contribution in [-0.2, 0) is 9.47 Å². The monoisotopic (exact) mass is 201 g/mol. The highest BCUT2D eigenvalue weighted by atomic mass is 16.7. The second kappa shape index (κ2) is 4.17. The van der Waals surface area contributed by atoms with Gasteiger partial charge in [-0.15, -0.1) is 0 Å². The quantitative estimate of drug-likeness (QED) is 0.753. The lowest BCUT2D eigenvalue weighted by atomic mass is 9.90. The van der Waals surface area contributed by atoms with E-state index in [4.69, 9.17) is 9.47 Å². The number of hydrogen-bond acceptors (Lipinski definition) is 3. The molecule has 14 heavy (non-hydrogen) atoms. The van der Waals surface area contributed by atoms with Gasteiger partial charge in [0, 0.05) is 13.2 Å². The van der Waals surface area contributed by atoms with E-state index >= 15 is 0 Å². The first-order valence-corrected chi connectivity index (χ1v) is 5.44. The fraction of sp³-hybridized carbons (Fsp3) is 1.00. The van der Waals surface area contributed by atoms with Crippen LogP contribution >= 0.6 is 0 Å². The third-order valence-corrected chi connectivity index (χ3v) is 3.55. The minimum absolute atomic E-state index is 0.0722. The van der Waals surface area contributed by atoms with Crippen LogP contribution in [0.15, 0.2) is 0 Å². The maximum absolute atomic E-state index is 5.67. The van der Waals surface area contributed by atoms with E-state index in [1.807, 2.05) is 6.92 Å². The summed E-state index contributed by atoms with van der Waals surface area (Å²) in [6, 6.07) is 0.496. The van der Waals surface area contributed by atoms with Crippen LogP contribution in [0.25, 0.3) is 0 Å². The molecular formula is C11H23NO2. The molecule has 1 unspecified atom stereocenters. The Morgan fingerprint density at radius 3 is 2.64 bits per heavy atom. The molecule has 1 N–H and O–H groups in total. The molecule has 0 bridgehead atoms. The largest absolute Gasteiger partial charge is 0.352 e. The van der Waals surface area contributed by atoms with Gasteiger partial charge in [0.05, 0.1) is 12.1 Å². The minimum Gasteiger partial charge on any atom is -0.352 e. The summed E-state index contributed by atoms with van der Waals surface area (Å²) in [5.74, 6) is -0.490. The van der Waals surface area contributed by atoms with Crippen molar-refractivity contribution in [3.63, 3.8) is 0 Å². The summed E-state index contributed by atoms with van der Waals surface area (Å²) < 4.78 is 11.1. The van der Waals surface area contributed by atoms with Crippen molar-refractivity contribution in [3.05, 3.63) is 0 Å². The third-order valence-electron chi connectivity index (χ3n) is 3.55. The van der Waals surface area contributed by atoms with Crippen molar-refractivity contribution >= 4 is 0 Å². The Balaban J connectivity index is 2.71.